The average Bonchev–Trinajstić information content (AvgIpc) is 2.42. The molecule has 0 saturated carbocycles. The second-order valence-corrected chi connectivity index (χ2v) is 5.92. The Morgan fingerprint density at radius 3 is 2.59 bits per heavy atom. The molecule has 1 rings (SSSR count). The molecule has 0 aromatic heterocycles. The number of amides is 1. The predicted octanol–water partition coefficient (Wildman–Crippen LogP) is 3.66. The number of carbonyl (C=O) groups is 2. The molecule has 5 nitrogen and oxygen atoms in total. The van der Waals surface area contributed by atoms with Crippen LogP contribution in [0.25, 0.3) is 6.08 Å². The smallest absolute Gasteiger partial charge is 0.407 e. The highest BCUT2D eigenvalue weighted by atomic mass is 35.5. The van der Waals surface area contributed by atoms with Gasteiger partial charge in [-0.1, -0.05) is 29.8 Å². The molecule has 120 valence electrons. The summed E-state index contributed by atoms with van der Waals surface area (Å²) in [5.74, 6) is -0.493. The first kappa shape index (κ1) is 18.0. The predicted molar refractivity (Wildman–Crippen MR) is 86.1 cm³/mol. The van der Waals surface area contributed by atoms with E-state index in [1.54, 1.807) is 51.1 Å². The van der Waals surface area contributed by atoms with E-state index in [1.165, 1.54) is 7.11 Å². The van der Waals surface area contributed by atoms with E-state index in [9.17, 15) is 9.59 Å². The summed E-state index contributed by atoms with van der Waals surface area (Å²) in [5, 5.41) is 2.93. The molecular formula is C16H20ClNO4. The van der Waals surface area contributed by atoms with E-state index in [0.717, 1.165) is 5.56 Å². The number of benzene rings is 1. The van der Waals surface area contributed by atoms with Crippen molar-refractivity contribution in [3.63, 3.8) is 0 Å². The van der Waals surface area contributed by atoms with E-state index in [2.05, 4.69) is 10.1 Å². The third-order valence-electron chi connectivity index (χ3n) is 2.47. The topological polar surface area (TPSA) is 64.6 Å². The zero-order chi connectivity index (χ0) is 16.8. The van der Waals surface area contributed by atoms with Crippen molar-refractivity contribution in [1.29, 1.82) is 0 Å². The maximum absolute atomic E-state index is 11.5. The minimum atomic E-state index is -0.528. The van der Waals surface area contributed by atoms with Crippen LogP contribution < -0.4 is 5.32 Å². The number of nitrogens with one attached hydrogen (secondary N) is 1. The van der Waals surface area contributed by atoms with Gasteiger partial charge in [-0.05, 0) is 38.5 Å². The van der Waals surface area contributed by atoms with E-state index >= 15 is 0 Å². The molecule has 1 aromatic rings. The summed E-state index contributed by atoms with van der Waals surface area (Å²) in [6, 6.07) is 5.01. The Kier molecular flexibility index (Phi) is 6.43. The van der Waals surface area contributed by atoms with Crippen LogP contribution in [0, 0.1) is 0 Å². The highest BCUT2D eigenvalue weighted by molar-refractivity contribution is 6.33. The molecule has 1 aromatic carbocycles. The van der Waals surface area contributed by atoms with E-state index < -0.39 is 17.7 Å². The van der Waals surface area contributed by atoms with Gasteiger partial charge >= 0.3 is 12.1 Å². The number of methoxy groups -OCH3 is 1. The maximum Gasteiger partial charge on any atom is 0.407 e. The second-order valence-electron chi connectivity index (χ2n) is 5.52. The Balaban J connectivity index is 2.60. The molecule has 0 heterocycles. The van der Waals surface area contributed by atoms with E-state index in [-0.39, 0.29) is 0 Å². The number of halogens is 1. The van der Waals surface area contributed by atoms with Gasteiger partial charge in [0.25, 0.3) is 0 Å². The highest BCUT2D eigenvalue weighted by Gasteiger charge is 2.15. The van der Waals surface area contributed by atoms with Crippen LogP contribution in [0.2, 0.25) is 5.02 Å². The van der Waals surface area contributed by atoms with Crippen molar-refractivity contribution in [2.75, 3.05) is 13.7 Å². The van der Waals surface area contributed by atoms with Crippen molar-refractivity contribution < 1.29 is 19.1 Å². The van der Waals surface area contributed by atoms with Crippen molar-refractivity contribution in [2.45, 2.75) is 26.4 Å². The van der Waals surface area contributed by atoms with Crippen LogP contribution in [0.1, 0.15) is 36.7 Å². The SMILES string of the molecule is COC(=O)c1cc(C=CCNC(=O)OC(C)(C)C)ccc1Cl. The molecule has 1 N–H and O–H groups in total. The fraction of sp³-hybridized carbons (Fsp3) is 0.375. The number of esters is 1. The van der Waals surface area contributed by atoms with Crippen LogP contribution in [-0.4, -0.2) is 31.3 Å². The van der Waals surface area contributed by atoms with Gasteiger partial charge in [-0.3, -0.25) is 0 Å². The Hall–Kier alpha value is -2.01. The normalized spacial score (nSPS) is 11.3. The first-order valence-corrected chi connectivity index (χ1v) is 7.12. The molecule has 6 heteroatoms. The van der Waals surface area contributed by atoms with Crippen molar-refractivity contribution in [3.05, 3.63) is 40.4 Å². The summed E-state index contributed by atoms with van der Waals surface area (Å²) in [4.78, 5) is 23.0. The molecule has 0 saturated heterocycles. The van der Waals surface area contributed by atoms with Gasteiger partial charge in [0.2, 0.25) is 0 Å². The van der Waals surface area contributed by atoms with Gasteiger partial charge in [0.1, 0.15) is 5.60 Å². The fourth-order valence-corrected chi connectivity index (χ4v) is 1.76. The van der Waals surface area contributed by atoms with Crippen molar-refractivity contribution in [1.82, 2.24) is 5.32 Å². The van der Waals surface area contributed by atoms with E-state index in [4.69, 9.17) is 16.3 Å². The zero-order valence-electron chi connectivity index (χ0n) is 13.1. The highest BCUT2D eigenvalue weighted by Crippen LogP contribution is 2.19. The first-order valence-electron chi connectivity index (χ1n) is 6.74. The molecule has 0 spiro atoms. The molecule has 1 amide bonds. The van der Waals surface area contributed by atoms with Gasteiger partial charge < -0.3 is 14.8 Å². The van der Waals surface area contributed by atoms with Gasteiger partial charge in [-0.15, -0.1) is 0 Å². The first-order chi connectivity index (χ1) is 10.2. The summed E-state index contributed by atoms with van der Waals surface area (Å²) in [6.45, 7) is 5.70. The zero-order valence-corrected chi connectivity index (χ0v) is 13.9. The molecule has 0 aliphatic rings. The van der Waals surface area contributed by atoms with Gasteiger partial charge in [0.15, 0.2) is 0 Å². The molecule has 0 aliphatic carbocycles. The Bertz CT molecular complexity index is 576. The minimum Gasteiger partial charge on any atom is -0.465 e. The lowest BCUT2D eigenvalue weighted by atomic mass is 10.1. The fourth-order valence-electron chi connectivity index (χ4n) is 1.56. The lowest BCUT2D eigenvalue weighted by molar-refractivity contribution is 0.0532. The summed E-state index contributed by atoms with van der Waals surface area (Å²) in [7, 11) is 1.30. The monoisotopic (exact) mass is 325 g/mol. The number of carbonyl (C=O) groups excluding carboxylic acids is 2. The molecule has 0 fully saturated rings. The maximum atomic E-state index is 11.5. The minimum absolute atomic E-state index is 0.298. The summed E-state index contributed by atoms with van der Waals surface area (Å²) in [6.07, 6.45) is 3.03. The third-order valence-corrected chi connectivity index (χ3v) is 2.80. The van der Waals surface area contributed by atoms with Crippen molar-refractivity contribution >= 4 is 29.7 Å². The van der Waals surface area contributed by atoms with Crippen molar-refractivity contribution in [3.8, 4) is 0 Å². The van der Waals surface area contributed by atoms with Crippen LogP contribution in [0.4, 0.5) is 4.79 Å². The Labute approximate surface area is 135 Å². The molecule has 22 heavy (non-hydrogen) atoms. The number of hydrogen-bond acceptors (Lipinski definition) is 4. The Morgan fingerprint density at radius 1 is 1.32 bits per heavy atom. The van der Waals surface area contributed by atoms with Crippen LogP contribution in [0.5, 0.6) is 0 Å². The number of hydrogen-bond donors (Lipinski definition) is 1. The molecule has 0 unspecified atom stereocenters. The van der Waals surface area contributed by atoms with Crippen LogP contribution in [0.3, 0.4) is 0 Å². The Morgan fingerprint density at radius 2 is 2.00 bits per heavy atom. The number of alkyl carbamates (subject to hydrolysis) is 1. The molecule has 0 aliphatic heterocycles. The van der Waals surface area contributed by atoms with Crippen LogP contribution in [-0.2, 0) is 9.47 Å². The van der Waals surface area contributed by atoms with Crippen LogP contribution in [0.15, 0.2) is 24.3 Å². The largest absolute Gasteiger partial charge is 0.465 e. The lowest BCUT2D eigenvalue weighted by Gasteiger charge is -2.19. The third kappa shape index (κ3) is 6.18. The molecule has 0 bridgehead atoms. The van der Waals surface area contributed by atoms with Gasteiger partial charge in [-0.2, -0.15) is 0 Å². The number of rotatable bonds is 4. The molecule has 0 atom stereocenters. The lowest BCUT2D eigenvalue weighted by Crippen LogP contribution is -2.32. The number of ether oxygens (including phenoxy) is 2. The second kappa shape index (κ2) is 7.84. The van der Waals surface area contributed by atoms with E-state index in [0.29, 0.717) is 17.1 Å². The van der Waals surface area contributed by atoms with Crippen molar-refractivity contribution in [2.24, 2.45) is 0 Å². The molecule has 0 radical (unpaired) electrons. The quantitative estimate of drug-likeness (QED) is 0.858. The summed E-state index contributed by atoms with van der Waals surface area (Å²) < 4.78 is 9.76. The standard InChI is InChI=1S/C16H20ClNO4/c1-16(2,3)22-15(20)18-9-5-6-11-7-8-13(17)12(10-11)14(19)21-4/h5-8,10H,9H2,1-4H3,(H,18,20). The van der Waals surface area contributed by atoms with Gasteiger partial charge in [0.05, 0.1) is 17.7 Å². The average molecular weight is 326 g/mol. The van der Waals surface area contributed by atoms with Gasteiger partial charge in [-0.25, -0.2) is 9.59 Å². The van der Waals surface area contributed by atoms with Gasteiger partial charge in [0, 0.05) is 6.54 Å². The summed E-state index contributed by atoms with van der Waals surface area (Å²) in [5.41, 5.74) is 0.543. The summed E-state index contributed by atoms with van der Waals surface area (Å²) >= 11 is 5.94. The van der Waals surface area contributed by atoms with E-state index in [1.807, 2.05) is 0 Å². The molecular weight excluding hydrogens is 306 g/mol. The van der Waals surface area contributed by atoms with Crippen LogP contribution >= 0.6 is 11.6 Å².